The van der Waals surface area contributed by atoms with E-state index in [4.69, 9.17) is 0 Å². The van der Waals surface area contributed by atoms with Crippen LogP contribution < -0.4 is 0 Å². The number of amides is 1. The Labute approximate surface area is 142 Å². The molecule has 5 heteroatoms. The Hall–Kier alpha value is -1.88. The zero-order valence-electron chi connectivity index (χ0n) is 14.2. The molecule has 1 spiro atoms. The molecule has 1 saturated carbocycles. The molecule has 0 bridgehead atoms. The number of nitrogens with one attached hydrogen (secondary N) is 1. The molecule has 0 radical (unpaired) electrons. The van der Waals surface area contributed by atoms with Crippen molar-refractivity contribution in [3.05, 3.63) is 29.6 Å². The molecule has 0 atom stereocenters. The van der Waals surface area contributed by atoms with Gasteiger partial charge < -0.3 is 15.0 Å². The van der Waals surface area contributed by atoms with Crippen LogP contribution in [0.4, 0.5) is 0 Å². The lowest BCUT2D eigenvalue weighted by Gasteiger charge is -2.36. The van der Waals surface area contributed by atoms with E-state index in [1.54, 1.807) is 0 Å². The van der Waals surface area contributed by atoms with Crippen molar-refractivity contribution in [2.75, 3.05) is 13.1 Å². The highest BCUT2D eigenvalue weighted by Crippen LogP contribution is 2.45. The molecule has 4 rings (SSSR count). The number of imidazole rings is 1. The fraction of sp³-hybridized carbons (Fsp3) is 0.579. The van der Waals surface area contributed by atoms with E-state index in [0.717, 1.165) is 36.5 Å². The van der Waals surface area contributed by atoms with Gasteiger partial charge in [-0.1, -0.05) is 19.8 Å². The van der Waals surface area contributed by atoms with E-state index in [1.165, 1.54) is 25.7 Å². The molecule has 1 amide bonds. The van der Waals surface area contributed by atoms with Crippen LogP contribution in [0.15, 0.2) is 18.2 Å². The van der Waals surface area contributed by atoms with Gasteiger partial charge in [-0.2, -0.15) is 0 Å². The lowest BCUT2D eigenvalue weighted by Crippen LogP contribution is -2.34. The normalized spacial score (nSPS) is 27.2. The minimum Gasteiger partial charge on any atom is -0.388 e. The Bertz CT molecular complexity index is 759. The first-order valence-corrected chi connectivity index (χ1v) is 8.97. The summed E-state index contributed by atoms with van der Waals surface area (Å²) in [6.07, 6.45) is 6.26. The maximum Gasteiger partial charge on any atom is 0.253 e. The third kappa shape index (κ3) is 2.71. The zero-order valence-corrected chi connectivity index (χ0v) is 14.2. The van der Waals surface area contributed by atoms with Crippen LogP contribution >= 0.6 is 0 Å². The summed E-state index contributed by atoms with van der Waals surface area (Å²) in [6, 6.07) is 5.56. The molecule has 1 aromatic carbocycles. The van der Waals surface area contributed by atoms with Gasteiger partial charge in [0.25, 0.3) is 5.91 Å². The van der Waals surface area contributed by atoms with Crippen LogP contribution in [-0.2, 0) is 6.61 Å². The number of hydrogen-bond donors (Lipinski definition) is 2. The second-order valence-corrected chi connectivity index (χ2v) is 7.73. The minimum absolute atomic E-state index is 0.118. The zero-order chi connectivity index (χ0) is 16.7. The van der Waals surface area contributed by atoms with E-state index in [0.29, 0.717) is 16.8 Å². The van der Waals surface area contributed by atoms with Crippen molar-refractivity contribution >= 4 is 16.9 Å². The number of aliphatic hydroxyl groups is 1. The van der Waals surface area contributed by atoms with Gasteiger partial charge in [-0.05, 0) is 48.8 Å². The van der Waals surface area contributed by atoms with Gasteiger partial charge in [-0.25, -0.2) is 4.98 Å². The SMILES string of the molecule is CC1CCC2(CC1)CCN(C(=O)c1ccc3nc(CO)[nH]c3c1)C2. The Kier molecular flexibility index (Phi) is 3.83. The molecule has 2 heterocycles. The highest BCUT2D eigenvalue weighted by Gasteiger charge is 2.41. The quantitative estimate of drug-likeness (QED) is 0.890. The second-order valence-electron chi connectivity index (χ2n) is 7.73. The first kappa shape index (κ1) is 15.6. The maximum absolute atomic E-state index is 12.9. The summed E-state index contributed by atoms with van der Waals surface area (Å²) in [4.78, 5) is 22.3. The van der Waals surface area contributed by atoms with Crippen LogP contribution in [0.2, 0.25) is 0 Å². The summed E-state index contributed by atoms with van der Waals surface area (Å²) >= 11 is 0. The first-order chi connectivity index (χ1) is 11.6. The number of benzene rings is 1. The summed E-state index contributed by atoms with van der Waals surface area (Å²) in [5.41, 5.74) is 2.67. The Morgan fingerprint density at radius 3 is 2.92 bits per heavy atom. The van der Waals surface area contributed by atoms with E-state index < -0.39 is 0 Å². The molecular formula is C19H25N3O2. The second kappa shape index (κ2) is 5.88. The standard InChI is InChI=1S/C19H25N3O2/c1-13-4-6-19(7-5-13)8-9-22(12-19)18(24)14-2-3-15-16(10-14)21-17(11-23)20-15/h2-3,10,13,23H,4-9,11-12H2,1H3,(H,20,21). The molecule has 2 aliphatic rings. The monoisotopic (exact) mass is 327 g/mol. The van der Waals surface area contributed by atoms with Crippen molar-refractivity contribution in [3.63, 3.8) is 0 Å². The van der Waals surface area contributed by atoms with E-state index in [1.807, 2.05) is 23.1 Å². The van der Waals surface area contributed by atoms with Gasteiger partial charge in [-0.3, -0.25) is 4.79 Å². The van der Waals surface area contributed by atoms with Gasteiger partial charge in [0.2, 0.25) is 0 Å². The molecule has 1 aliphatic carbocycles. The molecule has 2 N–H and O–H groups in total. The highest BCUT2D eigenvalue weighted by molar-refractivity contribution is 5.97. The average Bonchev–Trinajstić information content (AvgIpc) is 3.20. The predicted molar refractivity (Wildman–Crippen MR) is 92.6 cm³/mol. The molecule has 1 aliphatic heterocycles. The fourth-order valence-electron chi connectivity index (χ4n) is 4.34. The van der Waals surface area contributed by atoms with Gasteiger partial charge in [0.05, 0.1) is 11.0 Å². The molecule has 1 aromatic heterocycles. The Morgan fingerprint density at radius 1 is 1.38 bits per heavy atom. The number of likely N-dealkylation sites (tertiary alicyclic amines) is 1. The van der Waals surface area contributed by atoms with Gasteiger partial charge in [-0.15, -0.1) is 0 Å². The van der Waals surface area contributed by atoms with E-state index in [-0.39, 0.29) is 12.5 Å². The number of carbonyl (C=O) groups excluding carboxylic acids is 1. The Morgan fingerprint density at radius 2 is 2.17 bits per heavy atom. The number of aromatic amines is 1. The van der Waals surface area contributed by atoms with Crippen molar-refractivity contribution in [1.29, 1.82) is 0 Å². The number of nitrogens with zero attached hydrogens (tertiary/aromatic N) is 2. The summed E-state index contributed by atoms with van der Waals surface area (Å²) in [7, 11) is 0. The molecule has 24 heavy (non-hydrogen) atoms. The third-order valence-electron chi connectivity index (χ3n) is 5.99. The number of hydrogen-bond acceptors (Lipinski definition) is 3. The van der Waals surface area contributed by atoms with Crippen molar-refractivity contribution in [1.82, 2.24) is 14.9 Å². The number of rotatable bonds is 2. The number of aliphatic hydroxyl groups excluding tert-OH is 1. The largest absolute Gasteiger partial charge is 0.388 e. The van der Waals surface area contributed by atoms with E-state index >= 15 is 0 Å². The lowest BCUT2D eigenvalue weighted by molar-refractivity contribution is 0.0751. The summed E-state index contributed by atoms with van der Waals surface area (Å²) in [6.45, 7) is 3.99. The van der Waals surface area contributed by atoms with Crippen LogP contribution in [0.3, 0.4) is 0 Å². The third-order valence-corrected chi connectivity index (χ3v) is 5.99. The van der Waals surface area contributed by atoms with Crippen molar-refractivity contribution in [3.8, 4) is 0 Å². The topological polar surface area (TPSA) is 69.2 Å². The van der Waals surface area contributed by atoms with Crippen molar-refractivity contribution < 1.29 is 9.90 Å². The average molecular weight is 327 g/mol. The van der Waals surface area contributed by atoms with Crippen molar-refractivity contribution in [2.45, 2.75) is 45.6 Å². The maximum atomic E-state index is 12.9. The number of H-pyrrole nitrogens is 1. The minimum atomic E-state index is -0.120. The summed E-state index contributed by atoms with van der Waals surface area (Å²) < 4.78 is 0. The molecule has 2 fully saturated rings. The van der Waals surface area contributed by atoms with E-state index in [9.17, 15) is 9.90 Å². The smallest absolute Gasteiger partial charge is 0.253 e. The number of aromatic nitrogens is 2. The molecule has 5 nitrogen and oxygen atoms in total. The molecule has 0 unspecified atom stereocenters. The highest BCUT2D eigenvalue weighted by atomic mass is 16.3. The van der Waals surface area contributed by atoms with Crippen LogP contribution in [0, 0.1) is 11.3 Å². The van der Waals surface area contributed by atoms with Crippen LogP contribution in [0.5, 0.6) is 0 Å². The molecular weight excluding hydrogens is 302 g/mol. The van der Waals surface area contributed by atoms with Gasteiger partial charge in [0.1, 0.15) is 12.4 Å². The molecule has 1 saturated heterocycles. The van der Waals surface area contributed by atoms with Gasteiger partial charge in [0.15, 0.2) is 0 Å². The van der Waals surface area contributed by atoms with Crippen LogP contribution in [0.25, 0.3) is 11.0 Å². The molecule has 2 aromatic rings. The number of fused-ring (bicyclic) bond motifs is 1. The van der Waals surface area contributed by atoms with Crippen LogP contribution in [-0.4, -0.2) is 39.0 Å². The Balaban J connectivity index is 1.51. The lowest BCUT2D eigenvalue weighted by atomic mass is 9.70. The predicted octanol–water partition coefficient (Wildman–Crippen LogP) is 3.10. The first-order valence-electron chi connectivity index (χ1n) is 8.97. The van der Waals surface area contributed by atoms with Gasteiger partial charge in [0, 0.05) is 18.7 Å². The summed E-state index contributed by atoms with van der Waals surface area (Å²) in [5.74, 6) is 1.49. The van der Waals surface area contributed by atoms with Crippen molar-refractivity contribution in [2.24, 2.45) is 11.3 Å². The summed E-state index contributed by atoms with van der Waals surface area (Å²) in [5, 5.41) is 9.18. The fourth-order valence-corrected chi connectivity index (χ4v) is 4.34. The molecule has 128 valence electrons. The van der Waals surface area contributed by atoms with Gasteiger partial charge >= 0.3 is 0 Å². The van der Waals surface area contributed by atoms with E-state index in [2.05, 4.69) is 16.9 Å². The number of carbonyl (C=O) groups is 1. The van der Waals surface area contributed by atoms with Crippen LogP contribution in [0.1, 0.15) is 55.2 Å².